The van der Waals surface area contributed by atoms with Crippen LogP contribution in [0.15, 0.2) is 29.0 Å². The maximum atomic E-state index is 11.8. The van der Waals surface area contributed by atoms with Crippen LogP contribution in [0.4, 0.5) is 0 Å². The van der Waals surface area contributed by atoms with Crippen LogP contribution in [0.25, 0.3) is 5.82 Å². The third-order valence-electron chi connectivity index (χ3n) is 2.45. The molecule has 0 unspecified atom stereocenters. The molecule has 18 heavy (non-hydrogen) atoms. The number of amides is 1. The van der Waals surface area contributed by atoms with Gasteiger partial charge < -0.3 is 4.90 Å². The van der Waals surface area contributed by atoms with Crippen molar-refractivity contribution >= 4 is 21.8 Å². The molecule has 94 valence electrons. The smallest absolute Gasteiger partial charge is 0.273 e. The van der Waals surface area contributed by atoms with E-state index in [1.54, 1.807) is 37.2 Å². The van der Waals surface area contributed by atoms with E-state index in [2.05, 4.69) is 26.0 Å². The minimum atomic E-state index is -0.122. The lowest BCUT2D eigenvalue weighted by Crippen LogP contribution is -2.22. The summed E-state index contributed by atoms with van der Waals surface area (Å²) < 4.78 is 2.53. The maximum absolute atomic E-state index is 11.8. The SMILES string of the molecule is Cc1cc(Br)cnc1-n1ccc(C(=O)N(C)C)n1. The number of pyridine rings is 1. The molecule has 1 amide bonds. The number of carbonyl (C=O) groups is 1. The van der Waals surface area contributed by atoms with Gasteiger partial charge in [-0.15, -0.1) is 0 Å². The summed E-state index contributed by atoms with van der Waals surface area (Å²) in [5.74, 6) is 0.597. The van der Waals surface area contributed by atoms with Gasteiger partial charge in [0.1, 0.15) is 0 Å². The van der Waals surface area contributed by atoms with Crippen LogP contribution in [0.5, 0.6) is 0 Å². The van der Waals surface area contributed by atoms with Crippen molar-refractivity contribution in [1.82, 2.24) is 19.7 Å². The van der Waals surface area contributed by atoms with Gasteiger partial charge in [-0.1, -0.05) is 0 Å². The van der Waals surface area contributed by atoms with E-state index in [-0.39, 0.29) is 5.91 Å². The van der Waals surface area contributed by atoms with E-state index >= 15 is 0 Å². The zero-order valence-electron chi connectivity index (χ0n) is 10.4. The van der Waals surface area contributed by atoms with Crippen molar-refractivity contribution in [2.75, 3.05) is 14.1 Å². The van der Waals surface area contributed by atoms with Crippen LogP contribution in [0, 0.1) is 6.92 Å². The molecule has 2 heterocycles. The van der Waals surface area contributed by atoms with Gasteiger partial charge in [-0.3, -0.25) is 4.79 Å². The first kappa shape index (κ1) is 12.8. The van der Waals surface area contributed by atoms with Crippen LogP contribution in [0.3, 0.4) is 0 Å². The van der Waals surface area contributed by atoms with Crippen molar-refractivity contribution in [3.8, 4) is 5.82 Å². The van der Waals surface area contributed by atoms with E-state index < -0.39 is 0 Å². The Bertz CT molecular complexity index is 592. The van der Waals surface area contributed by atoms with Gasteiger partial charge >= 0.3 is 0 Å². The second-order valence-corrected chi connectivity index (χ2v) is 5.05. The molecule has 0 aliphatic carbocycles. The molecular weight excluding hydrogens is 296 g/mol. The molecule has 0 radical (unpaired) electrons. The third kappa shape index (κ3) is 2.43. The molecule has 0 spiro atoms. The van der Waals surface area contributed by atoms with Gasteiger partial charge in [0.25, 0.3) is 5.91 Å². The highest BCUT2D eigenvalue weighted by atomic mass is 79.9. The third-order valence-corrected chi connectivity index (χ3v) is 2.88. The predicted molar refractivity (Wildman–Crippen MR) is 71.8 cm³/mol. The number of hydrogen-bond donors (Lipinski definition) is 0. The standard InChI is InChI=1S/C12H13BrN4O/c1-8-6-9(13)7-14-11(8)17-5-4-10(15-17)12(18)16(2)3/h4-7H,1-3H3. The van der Waals surface area contributed by atoms with Crippen LogP contribution >= 0.6 is 15.9 Å². The summed E-state index contributed by atoms with van der Waals surface area (Å²) in [6, 6.07) is 3.64. The first-order chi connectivity index (χ1) is 8.49. The molecule has 0 atom stereocenters. The Kier molecular flexibility index (Phi) is 3.47. The molecule has 0 fully saturated rings. The number of carbonyl (C=O) groups excluding carboxylic acids is 1. The second kappa shape index (κ2) is 4.89. The largest absolute Gasteiger partial charge is 0.343 e. The summed E-state index contributed by atoms with van der Waals surface area (Å²) in [6.45, 7) is 1.95. The lowest BCUT2D eigenvalue weighted by Gasteiger charge is -2.07. The highest BCUT2D eigenvalue weighted by Crippen LogP contribution is 2.16. The van der Waals surface area contributed by atoms with Crippen molar-refractivity contribution in [1.29, 1.82) is 0 Å². The molecule has 0 aliphatic rings. The molecule has 0 saturated carbocycles. The number of aryl methyl sites for hydroxylation is 1. The van der Waals surface area contributed by atoms with Crippen molar-refractivity contribution in [2.24, 2.45) is 0 Å². The Balaban J connectivity index is 2.38. The number of hydrogen-bond acceptors (Lipinski definition) is 3. The lowest BCUT2D eigenvalue weighted by atomic mass is 10.3. The Hall–Kier alpha value is -1.69. The molecular formula is C12H13BrN4O. The molecule has 0 aliphatic heterocycles. The highest BCUT2D eigenvalue weighted by Gasteiger charge is 2.13. The van der Waals surface area contributed by atoms with Gasteiger partial charge in [-0.05, 0) is 40.5 Å². The predicted octanol–water partition coefficient (Wildman–Crippen LogP) is 2.04. The van der Waals surface area contributed by atoms with E-state index in [1.807, 2.05) is 13.0 Å². The molecule has 0 aromatic carbocycles. The maximum Gasteiger partial charge on any atom is 0.273 e. The van der Waals surface area contributed by atoms with E-state index in [9.17, 15) is 4.79 Å². The van der Waals surface area contributed by atoms with E-state index in [0.717, 1.165) is 15.9 Å². The van der Waals surface area contributed by atoms with Crippen molar-refractivity contribution in [3.63, 3.8) is 0 Å². The van der Waals surface area contributed by atoms with E-state index in [0.29, 0.717) is 5.69 Å². The monoisotopic (exact) mass is 308 g/mol. The zero-order valence-corrected chi connectivity index (χ0v) is 12.0. The van der Waals surface area contributed by atoms with Gasteiger partial charge in [0.2, 0.25) is 0 Å². The summed E-state index contributed by atoms with van der Waals surface area (Å²) >= 11 is 3.36. The first-order valence-corrected chi connectivity index (χ1v) is 6.18. The van der Waals surface area contributed by atoms with Gasteiger partial charge in [-0.2, -0.15) is 5.10 Å². The summed E-state index contributed by atoms with van der Waals surface area (Å²) in [6.07, 6.45) is 3.44. The van der Waals surface area contributed by atoms with Crippen LogP contribution < -0.4 is 0 Å². The van der Waals surface area contributed by atoms with Crippen LogP contribution in [-0.2, 0) is 0 Å². The van der Waals surface area contributed by atoms with Gasteiger partial charge in [-0.25, -0.2) is 9.67 Å². The van der Waals surface area contributed by atoms with Gasteiger partial charge in [0.15, 0.2) is 11.5 Å². The molecule has 6 heteroatoms. The minimum Gasteiger partial charge on any atom is -0.343 e. The molecule has 2 rings (SSSR count). The van der Waals surface area contributed by atoms with Gasteiger partial charge in [0, 0.05) is 31.0 Å². The summed E-state index contributed by atoms with van der Waals surface area (Å²) in [5.41, 5.74) is 1.39. The molecule has 0 N–H and O–H groups in total. The quantitative estimate of drug-likeness (QED) is 0.853. The first-order valence-electron chi connectivity index (χ1n) is 5.39. The summed E-state index contributed by atoms with van der Waals surface area (Å²) in [5, 5.41) is 4.24. The average molecular weight is 309 g/mol. The molecule has 0 bridgehead atoms. The fraction of sp³-hybridized carbons (Fsp3) is 0.250. The van der Waals surface area contributed by atoms with Crippen molar-refractivity contribution in [3.05, 3.63) is 40.3 Å². The molecule has 2 aromatic heterocycles. The lowest BCUT2D eigenvalue weighted by molar-refractivity contribution is 0.0821. The minimum absolute atomic E-state index is 0.122. The number of nitrogens with zero attached hydrogens (tertiary/aromatic N) is 4. The van der Waals surface area contributed by atoms with Crippen LogP contribution in [0.2, 0.25) is 0 Å². The van der Waals surface area contributed by atoms with E-state index in [1.165, 1.54) is 4.90 Å². The Morgan fingerprint density at radius 3 is 2.78 bits per heavy atom. The van der Waals surface area contributed by atoms with E-state index in [4.69, 9.17) is 0 Å². The average Bonchev–Trinajstić information content (AvgIpc) is 2.77. The summed E-state index contributed by atoms with van der Waals surface area (Å²) in [4.78, 5) is 17.5. The Morgan fingerprint density at radius 2 is 2.17 bits per heavy atom. The Labute approximate surface area is 114 Å². The van der Waals surface area contributed by atoms with Crippen LogP contribution in [0.1, 0.15) is 16.1 Å². The van der Waals surface area contributed by atoms with Gasteiger partial charge in [0.05, 0.1) is 0 Å². The van der Waals surface area contributed by atoms with Crippen molar-refractivity contribution in [2.45, 2.75) is 6.92 Å². The fourth-order valence-corrected chi connectivity index (χ4v) is 2.00. The topological polar surface area (TPSA) is 51.0 Å². The number of rotatable bonds is 2. The molecule has 0 saturated heterocycles. The highest BCUT2D eigenvalue weighted by molar-refractivity contribution is 9.10. The normalized spacial score (nSPS) is 10.4. The molecule has 5 nitrogen and oxygen atoms in total. The molecule has 2 aromatic rings. The Morgan fingerprint density at radius 1 is 1.44 bits per heavy atom. The fourth-order valence-electron chi connectivity index (χ4n) is 1.56. The van der Waals surface area contributed by atoms with Crippen LogP contribution in [-0.4, -0.2) is 39.7 Å². The summed E-state index contributed by atoms with van der Waals surface area (Å²) in [7, 11) is 3.40. The number of aromatic nitrogens is 3. The second-order valence-electron chi connectivity index (χ2n) is 4.14. The number of halogens is 1. The van der Waals surface area contributed by atoms with Crippen molar-refractivity contribution < 1.29 is 4.79 Å². The zero-order chi connectivity index (χ0) is 13.3.